The van der Waals surface area contributed by atoms with E-state index in [1.807, 2.05) is 20.8 Å². The van der Waals surface area contributed by atoms with Gasteiger partial charge in [-0.1, -0.05) is 0 Å². The molecule has 0 aliphatic carbocycles. The van der Waals surface area contributed by atoms with Crippen molar-refractivity contribution in [2.75, 3.05) is 18.1 Å². The van der Waals surface area contributed by atoms with E-state index in [-0.39, 0.29) is 36.0 Å². The van der Waals surface area contributed by atoms with Crippen molar-refractivity contribution in [2.45, 2.75) is 51.9 Å². The molecule has 0 radical (unpaired) electrons. The van der Waals surface area contributed by atoms with E-state index in [4.69, 9.17) is 4.74 Å². The molecule has 0 spiro atoms. The minimum atomic E-state index is -0.349. The summed E-state index contributed by atoms with van der Waals surface area (Å²) in [6.45, 7) is 8.03. The Morgan fingerprint density at radius 3 is 2.29 bits per heavy atom. The maximum Gasteiger partial charge on any atom is 0.246 e. The molecule has 2 heterocycles. The van der Waals surface area contributed by atoms with Crippen molar-refractivity contribution in [3.8, 4) is 0 Å². The van der Waals surface area contributed by atoms with Gasteiger partial charge >= 0.3 is 0 Å². The molecule has 0 aromatic rings. The van der Waals surface area contributed by atoms with Gasteiger partial charge in [-0.15, -0.1) is 0 Å². The van der Waals surface area contributed by atoms with Crippen LogP contribution in [0.3, 0.4) is 0 Å². The Balaban J connectivity index is 0.000000243. The highest BCUT2D eigenvalue weighted by Crippen LogP contribution is 2.06. The summed E-state index contributed by atoms with van der Waals surface area (Å²) in [7, 11) is 0. The van der Waals surface area contributed by atoms with Crippen molar-refractivity contribution in [2.24, 2.45) is 9.98 Å². The van der Waals surface area contributed by atoms with E-state index in [0.717, 1.165) is 5.71 Å². The Morgan fingerprint density at radius 1 is 1.08 bits per heavy atom. The van der Waals surface area contributed by atoms with Crippen molar-refractivity contribution in [3.05, 3.63) is 0 Å². The summed E-state index contributed by atoms with van der Waals surface area (Å²) in [5.41, 5.74) is 0.976. The lowest BCUT2D eigenvalue weighted by atomic mass is 10.1. The zero-order chi connectivity index (χ0) is 18.3. The number of amides is 2. The van der Waals surface area contributed by atoms with Crippen LogP contribution in [0.25, 0.3) is 0 Å². The van der Waals surface area contributed by atoms with Crippen LogP contribution in [0.1, 0.15) is 27.7 Å². The first-order chi connectivity index (χ1) is 11.3. The molecule has 0 saturated carbocycles. The third-order valence-corrected chi connectivity index (χ3v) is 4.32. The van der Waals surface area contributed by atoms with Gasteiger partial charge in [0.25, 0.3) is 0 Å². The van der Waals surface area contributed by atoms with Gasteiger partial charge in [0.2, 0.25) is 17.7 Å². The molecule has 4 atom stereocenters. The number of hydrogen-bond acceptors (Lipinski definition) is 7. The van der Waals surface area contributed by atoms with Gasteiger partial charge in [0.05, 0.1) is 12.6 Å². The number of ether oxygens (including phenoxy) is 1. The number of thiol groups is 2. The lowest BCUT2D eigenvalue weighted by molar-refractivity contribution is -0.123. The van der Waals surface area contributed by atoms with E-state index in [9.17, 15) is 9.59 Å². The monoisotopic (exact) mass is 374 g/mol. The van der Waals surface area contributed by atoms with Crippen molar-refractivity contribution in [3.63, 3.8) is 0 Å². The summed E-state index contributed by atoms with van der Waals surface area (Å²) in [5.74, 6) is 1.50. The zero-order valence-corrected chi connectivity index (χ0v) is 16.2. The fourth-order valence-electron chi connectivity index (χ4n) is 2.06. The standard InChI is InChI=1S/C8H14N2O2S.C7H12N2OS/c1-3-12-8-6(4-13)10-7(11)5(2)9-8;1-4-5(2)9-7(10)6(3-11)8-4/h5-6,13H,3-4H2,1-2H3,(H,10,11);5-6,11H,3H2,1-2H3,(H,9,10)/t2*5?,6-/m00/s1. The second-order valence-electron chi connectivity index (χ2n) is 5.52. The predicted octanol–water partition coefficient (Wildman–Crippen LogP) is 0.502. The first kappa shape index (κ1) is 20.8. The molecule has 2 aliphatic rings. The second-order valence-corrected chi connectivity index (χ2v) is 6.25. The topological polar surface area (TPSA) is 92.2 Å². The van der Waals surface area contributed by atoms with Crippen molar-refractivity contribution in [1.82, 2.24) is 10.6 Å². The molecule has 2 rings (SSSR count). The molecule has 136 valence electrons. The predicted molar refractivity (Wildman–Crippen MR) is 103 cm³/mol. The van der Waals surface area contributed by atoms with E-state index in [1.165, 1.54) is 0 Å². The molecule has 0 saturated heterocycles. The van der Waals surface area contributed by atoms with E-state index >= 15 is 0 Å². The Bertz CT molecular complexity index is 525. The van der Waals surface area contributed by atoms with Gasteiger partial charge in [-0.05, 0) is 27.7 Å². The Morgan fingerprint density at radius 2 is 1.75 bits per heavy atom. The maximum absolute atomic E-state index is 11.2. The van der Waals surface area contributed by atoms with Crippen molar-refractivity contribution >= 4 is 48.7 Å². The third-order valence-electron chi connectivity index (χ3n) is 3.61. The molecule has 0 aromatic carbocycles. The summed E-state index contributed by atoms with van der Waals surface area (Å²) < 4.78 is 5.29. The van der Waals surface area contributed by atoms with Crippen molar-refractivity contribution < 1.29 is 14.3 Å². The van der Waals surface area contributed by atoms with Gasteiger partial charge in [-0.25, -0.2) is 4.99 Å². The van der Waals surface area contributed by atoms with Crippen LogP contribution in [0.2, 0.25) is 0 Å². The first-order valence-electron chi connectivity index (χ1n) is 7.91. The number of aliphatic imine (C=N–C) groups is 2. The number of nitrogens with one attached hydrogen (secondary N) is 2. The van der Waals surface area contributed by atoms with Crippen LogP contribution in [0.15, 0.2) is 9.98 Å². The number of carbonyl (C=O) groups excluding carboxylic acids is 2. The van der Waals surface area contributed by atoms with Crippen LogP contribution in [0.5, 0.6) is 0 Å². The lowest BCUT2D eigenvalue weighted by Crippen LogP contribution is -2.51. The van der Waals surface area contributed by atoms with Crippen molar-refractivity contribution in [1.29, 1.82) is 0 Å². The number of rotatable bonds is 3. The van der Waals surface area contributed by atoms with Gasteiger partial charge in [-0.3, -0.25) is 14.6 Å². The summed E-state index contributed by atoms with van der Waals surface area (Å²) in [6.07, 6.45) is 0. The lowest BCUT2D eigenvalue weighted by Gasteiger charge is -2.25. The average Bonchev–Trinajstić information content (AvgIpc) is 2.55. The summed E-state index contributed by atoms with van der Waals surface area (Å²) in [5, 5.41) is 5.59. The Labute approximate surface area is 153 Å². The van der Waals surface area contributed by atoms with Gasteiger partial charge in [-0.2, -0.15) is 25.3 Å². The van der Waals surface area contributed by atoms with Crippen LogP contribution in [-0.4, -0.2) is 65.7 Å². The van der Waals surface area contributed by atoms with Crippen LogP contribution in [0.4, 0.5) is 0 Å². The normalized spacial score (nSPS) is 29.4. The average molecular weight is 375 g/mol. The van der Waals surface area contributed by atoms with Crippen LogP contribution < -0.4 is 10.6 Å². The third kappa shape index (κ3) is 5.70. The highest BCUT2D eigenvalue weighted by molar-refractivity contribution is 7.80. The maximum atomic E-state index is 11.2. The largest absolute Gasteiger partial charge is 0.480 e. The summed E-state index contributed by atoms with van der Waals surface area (Å²) in [6, 6.07) is -0.724. The minimum Gasteiger partial charge on any atom is -0.480 e. The molecular formula is C15H26N4O3S2. The molecule has 24 heavy (non-hydrogen) atoms. The highest BCUT2D eigenvalue weighted by Gasteiger charge is 2.27. The van der Waals surface area contributed by atoms with Crippen LogP contribution in [-0.2, 0) is 14.3 Å². The highest BCUT2D eigenvalue weighted by atomic mass is 32.1. The fraction of sp³-hybridized carbons (Fsp3) is 0.733. The minimum absolute atomic E-state index is 0.0156. The van der Waals surface area contributed by atoms with Gasteiger partial charge in [0, 0.05) is 17.2 Å². The number of hydrogen-bond donors (Lipinski definition) is 4. The van der Waals surface area contributed by atoms with Gasteiger partial charge < -0.3 is 15.4 Å². The van der Waals surface area contributed by atoms with Gasteiger partial charge in [0.15, 0.2) is 0 Å². The number of nitrogens with zero attached hydrogens (tertiary/aromatic N) is 2. The molecular weight excluding hydrogens is 348 g/mol. The van der Waals surface area contributed by atoms with E-state index in [2.05, 4.69) is 45.9 Å². The van der Waals surface area contributed by atoms with E-state index < -0.39 is 0 Å². The zero-order valence-electron chi connectivity index (χ0n) is 14.4. The second kappa shape index (κ2) is 9.93. The fourth-order valence-corrected chi connectivity index (χ4v) is 2.55. The Hall–Kier alpha value is -1.22. The molecule has 2 unspecified atom stereocenters. The molecule has 0 bridgehead atoms. The summed E-state index contributed by atoms with van der Waals surface area (Å²) in [4.78, 5) is 30.6. The molecule has 9 heteroatoms. The molecule has 2 amide bonds. The van der Waals surface area contributed by atoms with E-state index in [0.29, 0.717) is 24.0 Å². The summed E-state index contributed by atoms with van der Waals surface area (Å²) >= 11 is 8.14. The van der Waals surface area contributed by atoms with Crippen LogP contribution in [0, 0.1) is 0 Å². The van der Waals surface area contributed by atoms with Crippen LogP contribution >= 0.6 is 25.3 Å². The number of carbonyl (C=O) groups is 2. The SMILES string of the molecule is CC1=N[C@@H](CS)C(=O)NC1C.CCOC1=NC(C)C(=O)N[C@H]1CS. The molecule has 2 aliphatic heterocycles. The molecule has 2 N–H and O–H groups in total. The smallest absolute Gasteiger partial charge is 0.246 e. The molecule has 0 aromatic heterocycles. The van der Waals surface area contributed by atoms with Gasteiger partial charge in [0.1, 0.15) is 18.1 Å². The Kier molecular flexibility index (Phi) is 8.61. The van der Waals surface area contributed by atoms with E-state index in [1.54, 1.807) is 6.92 Å². The molecule has 0 fully saturated rings. The quantitative estimate of drug-likeness (QED) is 0.542. The first-order valence-corrected chi connectivity index (χ1v) is 9.17. The molecule has 7 nitrogen and oxygen atoms in total.